The highest BCUT2D eigenvalue weighted by Crippen LogP contribution is 2.40. The lowest BCUT2D eigenvalue weighted by Crippen LogP contribution is -2.32. The van der Waals surface area contributed by atoms with Crippen LogP contribution >= 0.6 is 0 Å². The summed E-state index contributed by atoms with van der Waals surface area (Å²) in [4.78, 5) is 21.8. The Morgan fingerprint density at radius 3 is 3.00 bits per heavy atom. The number of H-pyrrole nitrogens is 1. The topological polar surface area (TPSA) is 75.0 Å². The smallest absolute Gasteiger partial charge is 0.223 e. The molecule has 2 heterocycles. The Kier molecular flexibility index (Phi) is 3.56. The Labute approximate surface area is 134 Å². The van der Waals surface area contributed by atoms with Gasteiger partial charge in [0.25, 0.3) is 0 Å². The van der Waals surface area contributed by atoms with E-state index in [2.05, 4.69) is 9.97 Å². The molecule has 2 aliphatic rings. The maximum atomic E-state index is 13.2. The number of aromatic nitrogens is 2. The van der Waals surface area contributed by atoms with E-state index >= 15 is 0 Å². The summed E-state index contributed by atoms with van der Waals surface area (Å²) in [5.74, 6) is 1.78. The summed E-state index contributed by atoms with van der Waals surface area (Å²) >= 11 is 0. The summed E-state index contributed by atoms with van der Waals surface area (Å²) in [7, 11) is 0. The van der Waals surface area contributed by atoms with Gasteiger partial charge in [-0.05, 0) is 42.9 Å². The van der Waals surface area contributed by atoms with Crippen LogP contribution in [0.5, 0.6) is 0 Å². The van der Waals surface area contributed by atoms with Gasteiger partial charge >= 0.3 is 0 Å². The van der Waals surface area contributed by atoms with Crippen molar-refractivity contribution in [3.8, 4) is 0 Å². The van der Waals surface area contributed by atoms with E-state index in [0.717, 1.165) is 23.8 Å². The number of aromatic amines is 1. The van der Waals surface area contributed by atoms with Crippen LogP contribution in [0.1, 0.15) is 25.1 Å². The van der Waals surface area contributed by atoms with Gasteiger partial charge in [0.1, 0.15) is 11.6 Å². The standard InChI is InChI=1S/C17H21FN4O/c18-11-3-4-14-15(7-11)21-16(20-14)5-6-17(23)22-8-12(10-1-2-10)13(19)9-22/h3-4,7,10,12-13H,1-2,5-6,8-9,19H2,(H,20,21)/t12-,13+/m1/s1. The van der Waals surface area contributed by atoms with Gasteiger partial charge in [-0.3, -0.25) is 4.79 Å². The number of nitrogens with one attached hydrogen (secondary N) is 1. The van der Waals surface area contributed by atoms with E-state index < -0.39 is 0 Å². The molecular formula is C17H21FN4O. The lowest BCUT2D eigenvalue weighted by Gasteiger charge is -2.15. The van der Waals surface area contributed by atoms with Crippen molar-refractivity contribution in [3.63, 3.8) is 0 Å². The lowest BCUT2D eigenvalue weighted by atomic mass is 9.99. The number of aryl methyl sites for hydroxylation is 1. The van der Waals surface area contributed by atoms with E-state index in [0.29, 0.717) is 30.8 Å². The minimum atomic E-state index is -0.291. The molecule has 3 N–H and O–H groups in total. The van der Waals surface area contributed by atoms with Crippen LogP contribution in [0.15, 0.2) is 18.2 Å². The quantitative estimate of drug-likeness (QED) is 0.903. The van der Waals surface area contributed by atoms with Gasteiger partial charge in [-0.1, -0.05) is 0 Å². The van der Waals surface area contributed by atoms with Gasteiger partial charge in [-0.15, -0.1) is 0 Å². The number of likely N-dealkylation sites (tertiary alicyclic amines) is 1. The molecule has 122 valence electrons. The number of nitrogens with zero attached hydrogens (tertiary/aromatic N) is 2. The number of halogens is 1. The Bertz CT molecular complexity index is 739. The summed E-state index contributed by atoms with van der Waals surface area (Å²) in [6.07, 6.45) is 3.47. The van der Waals surface area contributed by atoms with Crippen LogP contribution in [0.25, 0.3) is 11.0 Å². The van der Waals surface area contributed by atoms with Crippen molar-refractivity contribution >= 4 is 16.9 Å². The second-order valence-corrected chi connectivity index (χ2v) is 6.81. The van der Waals surface area contributed by atoms with Crippen molar-refractivity contribution in [3.05, 3.63) is 29.8 Å². The number of carbonyl (C=O) groups excluding carboxylic acids is 1. The largest absolute Gasteiger partial charge is 0.342 e. The Morgan fingerprint density at radius 2 is 2.22 bits per heavy atom. The van der Waals surface area contributed by atoms with Crippen molar-refractivity contribution in [2.75, 3.05) is 13.1 Å². The minimum Gasteiger partial charge on any atom is -0.342 e. The molecule has 1 aliphatic heterocycles. The fourth-order valence-electron chi connectivity index (χ4n) is 3.62. The number of fused-ring (bicyclic) bond motifs is 1. The third kappa shape index (κ3) is 2.95. The van der Waals surface area contributed by atoms with Crippen molar-refractivity contribution in [2.24, 2.45) is 17.6 Å². The highest BCUT2D eigenvalue weighted by molar-refractivity contribution is 5.77. The molecule has 0 bridgehead atoms. The molecule has 23 heavy (non-hydrogen) atoms. The number of carbonyl (C=O) groups is 1. The zero-order chi connectivity index (χ0) is 16.0. The first-order valence-electron chi connectivity index (χ1n) is 8.27. The number of rotatable bonds is 4. The van der Waals surface area contributed by atoms with Crippen LogP contribution in [-0.2, 0) is 11.2 Å². The summed E-state index contributed by atoms with van der Waals surface area (Å²) in [5, 5.41) is 0. The first-order valence-corrected chi connectivity index (χ1v) is 8.27. The summed E-state index contributed by atoms with van der Waals surface area (Å²) in [6.45, 7) is 1.47. The lowest BCUT2D eigenvalue weighted by molar-refractivity contribution is -0.130. The highest BCUT2D eigenvalue weighted by Gasteiger charge is 2.41. The van der Waals surface area contributed by atoms with Crippen molar-refractivity contribution in [2.45, 2.75) is 31.7 Å². The molecular weight excluding hydrogens is 295 g/mol. The minimum absolute atomic E-state index is 0.126. The van der Waals surface area contributed by atoms with Crippen LogP contribution in [0.4, 0.5) is 4.39 Å². The summed E-state index contributed by atoms with van der Waals surface area (Å²) < 4.78 is 13.2. The van der Waals surface area contributed by atoms with Gasteiger partial charge in [-0.25, -0.2) is 9.37 Å². The van der Waals surface area contributed by atoms with Gasteiger partial charge in [0.15, 0.2) is 0 Å². The van der Waals surface area contributed by atoms with Crippen LogP contribution in [0.3, 0.4) is 0 Å². The van der Waals surface area contributed by atoms with E-state index in [-0.39, 0.29) is 17.8 Å². The maximum Gasteiger partial charge on any atom is 0.223 e. The molecule has 1 saturated carbocycles. The van der Waals surface area contributed by atoms with Crippen LogP contribution in [0.2, 0.25) is 0 Å². The fourth-order valence-corrected chi connectivity index (χ4v) is 3.62. The maximum absolute atomic E-state index is 13.2. The monoisotopic (exact) mass is 316 g/mol. The van der Waals surface area contributed by atoms with Gasteiger partial charge in [-0.2, -0.15) is 0 Å². The molecule has 4 rings (SSSR count). The molecule has 2 fully saturated rings. The van der Waals surface area contributed by atoms with Gasteiger partial charge in [0, 0.05) is 32.0 Å². The summed E-state index contributed by atoms with van der Waals surface area (Å²) in [6, 6.07) is 4.59. The first-order chi connectivity index (χ1) is 11.1. The van der Waals surface area contributed by atoms with E-state index in [4.69, 9.17) is 5.73 Å². The second-order valence-electron chi connectivity index (χ2n) is 6.81. The predicted molar refractivity (Wildman–Crippen MR) is 85.1 cm³/mol. The molecule has 2 atom stereocenters. The Balaban J connectivity index is 1.37. The molecule has 5 nitrogen and oxygen atoms in total. The zero-order valence-electron chi connectivity index (χ0n) is 13.0. The SMILES string of the molecule is N[C@H]1CN(C(=O)CCc2nc3ccc(F)cc3[nH]2)C[C@@H]1C1CC1. The van der Waals surface area contributed by atoms with Gasteiger partial charge in [0.05, 0.1) is 11.0 Å². The van der Waals surface area contributed by atoms with Crippen molar-refractivity contribution in [1.29, 1.82) is 0 Å². The van der Waals surface area contributed by atoms with Crippen LogP contribution in [-0.4, -0.2) is 39.9 Å². The zero-order valence-corrected chi connectivity index (χ0v) is 13.0. The molecule has 1 aromatic heterocycles. The third-order valence-electron chi connectivity index (χ3n) is 5.06. The summed E-state index contributed by atoms with van der Waals surface area (Å²) in [5.41, 5.74) is 7.57. The number of nitrogens with two attached hydrogens (primary N) is 1. The number of amides is 1. The average molecular weight is 316 g/mol. The first kappa shape index (κ1) is 14.6. The fraction of sp³-hybridized carbons (Fsp3) is 0.529. The third-order valence-corrected chi connectivity index (χ3v) is 5.06. The van der Waals surface area contributed by atoms with E-state index in [1.807, 2.05) is 4.90 Å². The molecule has 6 heteroatoms. The van der Waals surface area contributed by atoms with Crippen LogP contribution in [0, 0.1) is 17.7 Å². The molecule has 1 aliphatic carbocycles. The van der Waals surface area contributed by atoms with Crippen molar-refractivity contribution < 1.29 is 9.18 Å². The Morgan fingerprint density at radius 1 is 1.39 bits per heavy atom. The molecule has 2 aromatic rings. The average Bonchev–Trinajstić information content (AvgIpc) is 3.17. The number of hydrogen-bond acceptors (Lipinski definition) is 3. The van der Waals surface area contributed by atoms with Crippen molar-refractivity contribution in [1.82, 2.24) is 14.9 Å². The number of benzene rings is 1. The highest BCUT2D eigenvalue weighted by atomic mass is 19.1. The van der Waals surface area contributed by atoms with Gasteiger partial charge in [0.2, 0.25) is 5.91 Å². The molecule has 1 saturated heterocycles. The Hall–Kier alpha value is -1.95. The number of imidazole rings is 1. The molecule has 0 radical (unpaired) electrons. The van der Waals surface area contributed by atoms with E-state index in [9.17, 15) is 9.18 Å². The van der Waals surface area contributed by atoms with E-state index in [1.54, 1.807) is 6.07 Å². The molecule has 0 unspecified atom stereocenters. The van der Waals surface area contributed by atoms with Crippen LogP contribution < -0.4 is 5.73 Å². The van der Waals surface area contributed by atoms with E-state index in [1.165, 1.54) is 25.0 Å². The van der Waals surface area contributed by atoms with Gasteiger partial charge < -0.3 is 15.6 Å². The second kappa shape index (κ2) is 5.60. The predicted octanol–water partition coefficient (Wildman–Crippen LogP) is 1.83. The normalized spacial score (nSPS) is 24.5. The molecule has 1 amide bonds. The molecule has 0 spiro atoms. The number of hydrogen-bond donors (Lipinski definition) is 2. The molecule has 1 aromatic carbocycles.